The van der Waals surface area contributed by atoms with Gasteiger partial charge in [-0.3, -0.25) is 13.9 Å². The molecule has 0 spiro atoms. The van der Waals surface area contributed by atoms with E-state index in [2.05, 4.69) is 5.32 Å². The van der Waals surface area contributed by atoms with Crippen molar-refractivity contribution in [2.45, 2.75) is 66.1 Å². The van der Waals surface area contributed by atoms with Gasteiger partial charge in [0.05, 0.1) is 11.9 Å². The lowest BCUT2D eigenvalue weighted by molar-refractivity contribution is -0.140. The second-order valence-electron chi connectivity index (χ2n) is 10.5. The van der Waals surface area contributed by atoms with E-state index >= 15 is 0 Å². The molecule has 214 valence electrons. The van der Waals surface area contributed by atoms with Crippen LogP contribution in [0.15, 0.2) is 72.8 Å². The van der Waals surface area contributed by atoms with Gasteiger partial charge in [0.15, 0.2) is 0 Å². The maximum absolute atomic E-state index is 14.2. The molecule has 2 atom stereocenters. The Kier molecular flexibility index (Phi) is 10.5. The van der Waals surface area contributed by atoms with Gasteiger partial charge < -0.3 is 10.2 Å². The van der Waals surface area contributed by atoms with Gasteiger partial charge in [0.25, 0.3) is 0 Å². The van der Waals surface area contributed by atoms with Crippen molar-refractivity contribution in [2.75, 3.05) is 17.1 Å². The number of benzene rings is 3. The van der Waals surface area contributed by atoms with Crippen molar-refractivity contribution in [1.82, 2.24) is 10.2 Å². The quantitative estimate of drug-likeness (QED) is 0.339. The maximum Gasteiger partial charge on any atom is 0.244 e. The van der Waals surface area contributed by atoms with Crippen molar-refractivity contribution in [3.05, 3.63) is 101 Å². The van der Waals surface area contributed by atoms with E-state index in [0.29, 0.717) is 12.1 Å². The Morgan fingerprint density at radius 1 is 0.875 bits per heavy atom. The fourth-order valence-corrected chi connectivity index (χ4v) is 5.74. The van der Waals surface area contributed by atoms with E-state index in [9.17, 15) is 18.0 Å². The fraction of sp³-hybridized carbons (Fsp3) is 0.375. The lowest BCUT2D eigenvalue weighted by Crippen LogP contribution is -2.54. The third-order valence-corrected chi connectivity index (χ3v) is 8.19. The SMILES string of the molecule is CC[C@@H](C)NC(=O)[C@H](Cc1ccccc1)N(Cc1cccc(C)c1)C(=O)CN(c1c(C)cccc1C)S(C)(=O)=O. The molecule has 0 aliphatic heterocycles. The van der Waals surface area contributed by atoms with Crippen LogP contribution in [-0.2, 0) is 32.6 Å². The van der Waals surface area contributed by atoms with Crippen LogP contribution in [0.4, 0.5) is 5.69 Å². The molecule has 0 radical (unpaired) electrons. The van der Waals surface area contributed by atoms with E-state index in [-0.39, 0.29) is 18.5 Å². The van der Waals surface area contributed by atoms with Crippen molar-refractivity contribution in [3.8, 4) is 0 Å². The summed E-state index contributed by atoms with van der Waals surface area (Å²) in [4.78, 5) is 29.5. The smallest absolute Gasteiger partial charge is 0.244 e. The molecule has 0 saturated carbocycles. The van der Waals surface area contributed by atoms with Crippen molar-refractivity contribution >= 4 is 27.5 Å². The first kappa shape index (κ1) is 30.9. The van der Waals surface area contributed by atoms with E-state index in [1.165, 1.54) is 4.90 Å². The van der Waals surface area contributed by atoms with Crippen LogP contribution in [0.2, 0.25) is 0 Å². The molecule has 3 aromatic carbocycles. The number of sulfonamides is 1. The van der Waals surface area contributed by atoms with Crippen molar-refractivity contribution in [1.29, 1.82) is 0 Å². The number of nitrogens with one attached hydrogen (secondary N) is 1. The predicted octanol–water partition coefficient (Wildman–Crippen LogP) is 4.93. The second-order valence-corrected chi connectivity index (χ2v) is 12.5. The van der Waals surface area contributed by atoms with Crippen LogP contribution in [0.1, 0.15) is 48.1 Å². The minimum Gasteiger partial charge on any atom is -0.352 e. The molecule has 2 amide bonds. The number of carbonyl (C=O) groups is 2. The highest BCUT2D eigenvalue weighted by molar-refractivity contribution is 7.92. The molecule has 40 heavy (non-hydrogen) atoms. The number of hydrogen-bond donors (Lipinski definition) is 1. The molecular formula is C32H41N3O4S. The van der Waals surface area contributed by atoms with Crippen LogP contribution in [0.25, 0.3) is 0 Å². The number of rotatable bonds is 12. The molecule has 0 saturated heterocycles. The van der Waals surface area contributed by atoms with Gasteiger partial charge in [0.1, 0.15) is 12.6 Å². The van der Waals surface area contributed by atoms with Gasteiger partial charge in [0.2, 0.25) is 21.8 Å². The minimum atomic E-state index is -3.81. The first-order chi connectivity index (χ1) is 18.9. The molecule has 8 heteroatoms. The van der Waals surface area contributed by atoms with Crippen molar-refractivity contribution < 1.29 is 18.0 Å². The minimum absolute atomic E-state index is 0.0798. The summed E-state index contributed by atoms with van der Waals surface area (Å²) in [5, 5.41) is 3.05. The van der Waals surface area contributed by atoms with Crippen LogP contribution in [0.5, 0.6) is 0 Å². The fourth-order valence-electron chi connectivity index (χ4n) is 4.78. The van der Waals surface area contributed by atoms with Gasteiger partial charge in [-0.2, -0.15) is 0 Å². The summed E-state index contributed by atoms with van der Waals surface area (Å²) >= 11 is 0. The Hall–Kier alpha value is -3.65. The Morgan fingerprint density at radius 3 is 2.05 bits per heavy atom. The average Bonchev–Trinajstić information content (AvgIpc) is 2.89. The zero-order valence-electron chi connectivity index (χ0n) is 24.3. The Balaban J connectivity index is 2.10. The van der Waals surface area contributed by atoms with E-state index in [1.54, 1.807) is 0 Å². The first-order valence-corrected chi connectivity index (χ1v) is 15.5. The molecule has 0 unspecified atom stereocenters. The summed E-state index contributed by atoms with van der Waals surface area (Å²) in [6.07, 6.45) is 2.14. The lowest BCUT2D eigenvalue weighted by Gasteiger charge is -2.34. The van der Waals surface area contributed by atoms with Crippen LogP contribution >= 0.6 is 0 Å². The molecule has 0 aliphatic carbocycles. The van der Waals surface area contributed by atoms with Crippen LogP contribution in [0, 0.1) is 20.8 Å². The third kappa shape index (κ3) is 8.18. The molecule has 7 nitrogen and oxygen atoms in total. The number of carbonyl (C=O) groups excluding carboxylic acids is 2. The van der Waals surface area contributed by atoms with Gasteiger partial charge in [0, 0.05) is 19.0 Å². The highest BCUT2D eigenvalue weighted by atomic mass is 32.2. The summed E-state index contributed by atoms with van der Waals surface area (Å²) in [5.41, 5.74) is 4.78. The summed E-state index contributed by atoms with van der Waals surface area (Å²) < 4.78 is 27.3. The number of amides is 2. The zero-order valence-corrected chi connectivity index (χ0v) is 25.2. The maximum atomic E-state index is 14.2. The number of hydrogen-bond acceptors (Lipinski definition) is 4. The molecule has 3 rings (SSSR count). The molecule has 0 aromatic heterocycles. The van der Waals surface area contributed by atoms with Crippen molar-refractivity contribution in [2.24, 2.45) is 0 Å². The van der Waals surface area contributed by atoms with Gasteiger partial charge in [-0.1, -0.05) is 85.3 Å². The number of aryl methyl sites for hydroxylation is 3. The zero-order chi connectivity index (χ0) is 29.4. The van der Waals surface area contributed by atoms with E-state index in [4.69, 9.17) is 0 Å². The largest absolute Gasteiger partial charge is 0.352 e. The second kappa shape index (κ2) is 13.6. The molecule has 3 aromatic rings. The Bertz CT molecular complexity index is 1400. The molecular weight excluding hydrogens is 522 g/mol. The van der Waals surface area contributed by atoms with E-state index in [1.807, 2.05) is 107 Å². The van der Waals surface area contributed by atoms with Crippen LogP contribution in [0.3, 0.4) is 0 Å². The summed E-state index contributed by atoms with van der Waals surface area (Å²) in [6.45, 7) is 9.28. The Morgan fingerprint density at radius 2 is 1.48 bits per heavy atom. The summed E-state index contributed by atoms with van der Waals surface area (Å²) in [5.74, 6) is -0.716. The number of para-hydroxylation sites is 1. The summed E-state index contributed by atoms with van der Waals surface area (Å²) in [7, 11) is -3.81. The van der Waals surface area contributed by atoms with Gasteiger partial charge in [-0.25, -0.2) is 8.42 Å². The molecule has 0 bridgehead atoms. The normalized spacial score (nSPS) is 12.8. The molecule has 0 heterocycles. The predicted molar refractivity (Wildman–Crippen MR) is 162 cm³/mol. The lowest BCUT2D eigenvalue weighted by atomic mass is 10.0. The third-order valence-electron chi connectivity index (χ3n) is 7.08. The van der Waals surface area contributed by atoms with Gasteiger partial charge >= 0.3 is 0 Å². The molecule has 0 aliphatic rings. The monoisotopic (exact) mass is 563 g/mol. The number of anilines is 1. The average molecular weight is 564 g/mol. The Labute approximate surface area is 239 Å². The van der Waals surface area contributed by atoms with E-state index in [0.717, 1.165) is 44.8 Å². The van der Waals surface area contributed by atoms with E-state index < -0.39 is 28.5 Å². The highest BCUT2D eigenvalue weighted by Crippen LogP contribution is 2.27. The summed E-state index contributed by atoms with van der Waals surface area (Å²) in [6, 6.07) is 21.9. The molecule has 1 N–H and O–H groups in total. The van der Waals surface area contributed by atoms with Crippen LogP contribution in [-0.4, -0.2) is 50.0 Å². The topological polar surface area (TPSA) is 86.8 Å². The number of nitrogens with zero attached hydrogens (tertiary/aromatic N) is 2. The first-order valence-electron chi connectivity index (χ1n) is 13.6. The standard InChI is InChI=1S/C32H41N3O4S/c1-7-26(5)33-32(37)29(20-27-16-9-8-10-17-27)34(21-28-18-11-13-23(2)19-28)30(36)22-35(40(6,38)39)31-24(3)14-12-15-25(31)4/h8-19,26,29H,7,20-22H2,1-6H3,(H,33,37)/t26-,29+/m1/s1. The van der Waals surface area contributed by atoms with Crippen molar-refractivity contribution in [3.63, 3.8) is 0 Å². The highest BCUT2D eigenvalue weighted by Gasteiger charge is 2.34. The van der Waals surface area contributed by atoms with Gasteiger partial charge in [-0.15, -0.1) is 0 Å². The molecule has 0 fully saturated rings. The van der Waals surface area contributed by atoms with Crippen LogP contribution < -0.4 is 9.62 Å². The van der Waals surface area contributed by atoms with Gasteiger partial charge in [-0.05, 0) is 56.4 Å².